The van der Waals surface area contributed by atoms with Gasteiger partial charge in [0.05, 0.1) is 31.5 Å². The second-order valence-corrected chi connectivity index (χ2v) is 7.29. The number of aliphatic imine (C=N–C) groups is 1. The van der Waals surface area contributed by atoms with E-state index in [0.717, 1.165) is 36.6 Å². The molecule has 0 aromatic heterocycles. The lowest BCUT2D eigenvalue weighted by Crippen LogP contribution is -2.44. The van der Waals surface area contributed by atoms with Gasteiger partial charge in [-0.1, -0.05) is 36.4 Å². The van der Waals surface area contributed by atoms with Gasteiger partial charge in [0, 0.05) is 19.6 Å². The highest BCUT2D eigenvalue weighted by molar-refractivity contribution is 5.93. The van der Waals surface area contributed by atoms with Crippen LogP contribution in [0.2, 0.25) is 0 Å². The Morgan fingerprint density at radius 1 is 1.11 bits per heavy atom. The third-order valence-corrected chi connectivity index (χ3v) is 4.73. The summed E-state index contributed by atoms with van der Waals surface area (Å²) in [5, 5.41) is 3.09. The number of benzene rings is 2. The Kier molecular flexibility index (Phi) is 6.90. The average Bonchev–Trinajstić information content (AvgIpc) is 2.67. The largest absolute Gasteiger partial charge is 0.495 e. The van der Waals surface area contributed by atoms with E-state index in [1.165, 1.54) is 5.56 Å². The van der Waals surface area contributed by atoms with E-state index in [9.17, 15) is 0 Å². The quantitative estimate of drug-likeness (QED) is 0.593. The van der Waals surface area contributed by atoms with E-state index in [1.807, 2.05) is 24.3 Å². The van der Waals surface area contributed by atoms with Gasteiger partial charge in [0.2, 0.25) is 0 Å². The summed E-state index contributed by atoms with van der Waals surface area (Å²) in [7, 11) is 1.63. The summed E-state index contributed by atoms with van der Waals surface area (Å²) in [6, 6.07) is 16.2. The molecule has 1 saturated heterocycles. The first-order valence-corrected chi connectivity index (χ1v) is 9.69. The minimum absolute atomic E-state index is 0.288. The minimum atomic E-state index is 0.288. The van der Waals surface area contributed by atoms with Crippen molar-refractivity contribution in [1.82, 2.24) is 4.90 Å². The number of para-hydroxylation sites is 2. The van der Waals surface area contributed by atoms with E-state index in [4.69, 9.17) is 15.2 Å². The first-order valence-electron chi connectivity index (χ1n) is 9.69. The molecule has 6 heteroatoms. The van der Waals surface area contributed by atoms with Crippen LogP contribution in [-0.2, 0) is 17.8 Å². The average molecular weight is 383 g/mol. The van der Waals surface area contributed by atoms with Crippen molar-refractivity contribution in [3.05, 3.63) is 59.7 Å². The highest BCUT2D eigenvalue weighted by Gasteiger charge is 2.21. The van der Waals surface area contributed by atoms with E-state index >= 15 is 0 Å². The van der Waals surface area contributed by atoms with Crippen LogP contribution in [0.25, 0.3) is 0 Å². The van der Waals surface area contributed by atoms with Gasteiger partial charge in [-0.05, 0) is 37.1 Å². The fourth-order valence-corrected chi connectivity index (χ4v) is 3.52. The standard InChI is InChI=1S/C22H30N4O2/c1-16-13-26(14-17(2)28-16)15-19-10-8-18(9-11-19)12-24-22(23)25-20-6-4-5-7-21(20)27-3/h4-11,16-17H,12-15H2,1-3H3,(H3,23,24,25). The Hall–Kier alpha value is -2.57. The molecule has 2 unspecified atom stereocenters. The molecular weight excluding hydrogens is 352 g/mol. The molecule has 1 fully saturated rings. The van der Waals surface area contributed by atoms with Crippen molar-refractivity contribution >= 4 is 11.6 Å². The highest BCUT2D eigenvalue weighted by Crippen LogP contribution is 2.22. The van der Waals surface area contributed by atoms with Crippen LogP contribution in [0.1, 0.15) is 25.0 Å². The van der Waals surface area contributed by atoms with Crippen molar-refractivity contribution in [3.8, 4) is 5.75 Å². The van der Waals surface area contributed by atoms with Crippen molar-refractivity contribution in [3.63, 3.8) is 0 Å². The third-order valence-electron chi connectivity index (χ3n) is 4.73. The molecule has 3 N–H and O–H groups in total. The molecule has 6 nitrogen and oxygen atoms in total. The first kappa shape index (κ1) is 20.2. The van der Waals surface area contributed by atoms with Crippen molar-refractivity contribution in [2.24, 2.45) is 10.7 Å². The van der Waals surface area contributed by atoms with Crippen molar-refractivity contribution in [2.75, 3.05) is 25.5 Å². The van der Waals surface area contributed by atoms with Crippen LogP contribution in [0, 0.1) is 0 Å². The summed E-state index contributed by atoms with van der Waals surface area (Å²) in [5.41, 5.74) is 9.25. The number of nitrogens with one attached hydrogen (secondary N) is 1. The molecule has 0 bridgehead atoms. The van der Waals surface area contributed by atoms with Gasteiger partial charge in [0.1, 0.15) is 5.75 Å². The van der Waals surface area contributed by atoms with Gasteiger partial charge >= 0.3 is 0 Å². The molecule has 150 valence electrons. The normalized spacial score (nSPS) is 20.8. The van der Waals surface area contributed by atoms with Gasteiger partial charge < -0.3 is 20.5 Å². The molecule has 0 saturated carbocycles. The zero-order valence-electron chi connectivity index (χ0n) is 16.9. The van der Waals surface area contributed by atoms with E-state index < -0.39 is 0 Å². The molecule has 0 spiro atoms. The van der Waals surface area contributed by atoms with Crippen molar-refractivity contribution < 1.29 is 9.47 Å². The lowest BCUT2D eigenvalue weighted by atomic mass is 10.1. The molecule has 2 atom stereocenters. The third kappa shape index (κ3) is 5.71. The summed E-state index contributed by atoms with van der Waals surface area (Å²) >= 11 is 0. The summed E-state index contributed by atoms with van der Waals surface area (Å²) < 4.78 is 11.1. The fraction of sp³-hybridized carbons (Fsp3) is 0.409. The fourth-order valence-electron chi connectivity index (χ4n) is 3.52. The second-order valence-electron chi connectivity index (χ2n) is 7.29. The van der Waals surface area contributed by atoms with Crippen molar-refractivity contribution in [2.45, 2.75) is 39.1 Å². The van der Waals surface area contributed by atoms with Gasteiger partial charge in [-0.2, -0.15) is 0 Å². The second kappa shape index (κ2) is 9.57. The van der Waals surface area contributed by atoms with Gasteiger partial charge in [-0.15, -0.1) is 0 Å². The number of hydrogen-bond donors (Lipinski definition) is 2. The molecule has 0 aliphatic carbocycles. The van der Waals surface area contributed by atoms with E-state index in [2.05, 4.69) is 53.3 Å². The Labute approximate surface area is 167 Å². The SMILES string of the molecule is COc1ccccc1NC(N)=NCc1ccc(CN2CC(C)OC(C)C2)cc1. The number of nitrogens with two attached hydrogens (primary N) is 1. The number of anilines is 1. The molecule has 1 aliphatic rings. The molecule has 2 aromatic carbocycles. The molecule has 1 aliphatic heterocycles. The molecule has 28 heavy (non-hydrogen) atoms. The maximum absolute atomic E-state index is 6.02. The number of nitrogens with zero attached hydrogens (tertiary/aromatic N) is 2. The summed E-state index contributed by atoms with van der Waals surface area (Å²) in [6.45, 7) is 7.68. The van der Waals surface area contributed by atoms with Gasteiger partial charge in [-0.3, -0.25) is 4.90 Å². The number of morpholine rings is 1. The lowest BCUT2D eigenvalue weighted by molar-refractivity contribution is -0.0704. The van der Waals surface area contributed by atoms with Crippen molar-refractivity contribution in [1.29, 1.82) is 0 Å². The van der Waals surface area contributed by atoms with Crippen LogP contribution < -0.4 is 15.8 Å². The van der Waals surface area contributed by atoms with Crippen LogP contribution in [-0.4, -0.2) is 43.3 Å². The number of ether oxygens (including phenoxy) is 2. The molecular formula is C22H30N4O2. The highest BCUT2D eigenvalue weighted by atomic mass is 16.5. The predicted molar refractivity (Wildman–Crippen MR) is 114 cm³/mol. The van der Waals surface area contributed by atoms with Crippen LogP contribution in [0.15, 0.2) is 53.5 Å². The number of rotatable bonds is 6. The maximum atomic E-state index is 6.02. The Balaban J connectivity index is 1.54. The summed E-state index contributed by atoms with van der Waals surface area (Å²) in [4.78, 5) is 6.88. The van der Waals surface area contributed by atoms with Gasteiger partial charge in [-0.25, -0.2) is 4.99 Å². The monoisotopic (exact) mass is 382 g/mol. The Bertz CT molecular complexity index is 781. The molecule has 2 aromatic rings. The zero-order chi connectivity index (χ0) is 19.9. The summed E-state index contributed by atoms with van der Waals surface area (Å²) in [6.07, 6.45) is 0.576. The maximum Gasteiger partial charge on any atom is 0.193 e. The Morgan fingerprint density at radius 3 is 2.43 bits per heavy atom. The van der Waals surface area contributed by atoms with E-state index in [1.54, 1.807) is 7.11 Å². The molecule has 0 radical (unpaired) electrons. The van der Waals surface area contributed by atoms with Crippen LogP contribution in [0.5, 0.6) is 5.75 Å². The van der Waals surface area contributed by atoms with Crippen LogP contribution in [0.3, 0.4) is 0 Å². The number of hydrogen-bond acceptors (Lipinski definition) is 4. The molecule has 1 heterocycles. The molecule has 0 amide bonds. The topological polar surface area (TPSA) is 72.1 Å². The Morgan fingerprint density at radius 2 is 1.75 bits per heavy atom. The zero-order valence-corrected chi connectivity index (χ0v) is 16.9. The lowest BCUT2D eigenvalue weighted by Gasteiger charge is -2.35. The number of methoxy groups -OCH3 is 1. The minimum Gasteiger partial charge on any atom is -0.495 e. The van der Waals surface area contributed by atoms with E-state index in [-0.39, 0.29) is 12.2 Å². The first-order chi connectivity index (χ1) is 13.5. The predicted octanol–water partition coefficient (Wildman–Crippen LogP) is 3.23. The number of guanidine groups is 1. The molecule has 3 rings (SSSR count). The smallest absolute Gasteiger partial charge is 0.193 e. The van der Waals surface area contributed by atoms with Crippen LogP contribution in [0.4, 0.5) is 5.69 Å². The van der Waals surface area contributed by atoms with Gasteiger partial charge in [0.15, 0.2) is 5.96 Å². The van der Waals surface area contributed by atoms with E-state index in [0.29, 0.717) is 12.5 Å². The van der Waals surface area contributed by atoms with Crippen LogP contribution >= 0.6 is 0 Å². The van der Waals surface area contributed by atoms with Gasteiger partial charge in [0.25, 0.3) is 0 Å². The summed E-state index contributed by atoms with van der Waals surface area (Å²) in [5.74, 6) is 1.10.